The average molecular weight is 263 g/mol. The summed E-state index contributed by atoms with van der Waals surface area (Å²) in [7, 11) is 1.86. The molecular formula is C15H15F2NO. The molecule has 4 heteroatoms. The first-order chi connectivity index (χ1) is 9.10. The van der Waals surface area contributed by atoms with Crippen LogP contribution in [0.25, 0.3) is 0 Å². The van der Waals surface area contributed by atoms with Crippen LogP contribution in [0.4, 0.5) is 8.78 Å². The van der Waals surface area contributed by atoms with Gasteiger partial charge in [0.1, 0.15) is 11.6 Å². The van der Waals surface area contributed by atoms with E-state index in [1.165, 1.54) is 12.1 Å². The van der Waals surface area contributed by atoms with E-state index in [9.17, 15) is 8.78 Å². The first-order valence-electron chi connectivity index (χ1n) is 6.00. The van der Waals surface area contributed by atoms with Gasteiger partial charge in [0.15, 0.2) is 11.6 Å². The lowest BCUT2D eigenvalue weighted by Crippen LogP contribution is -2.12. The normalized spacial score (nSPS) is 12.2. The zero-order chi connectivity index (χ0) is 13.8. The highest BCUT2D eigenvalue weighted by molar-refractivity contribution is 5.35. The van der Waals surface area contributed by atoms with Crippen LogP contribution in [0.1, 0.15) is 18.5 Å². The Kier molecular flexibility index (Phi) is 4.12. The van der Waals surface area contributed by atoms with Crippen molar-refractivity contribution >= 4 is 0 Å². The second kappa shape index (κ2) is 5.80. The quantitative estimate of drug-likeness (QED) is 0.899. The summed E-state index contributed by atoms with van der Waals surface area (Å²) in [6.45, 7) is 2.01. The van der Waals surface area contributed by atoms with Gasteiger partial charge in [0.2, 0.25) is 0 Å². The van der Waals surface area contributed by atoms with E-state index in [4.69, 9.17) is 4.74 Å². The van der Waals surface area contributed by atoms with Crippen LogP contribution in [0.15, 0.2) is 42.5 Å². The van der Waals surface area contributed by atoms with Crippen molar-refractivity contribution in [1.82, 2.24) is 5.32 Å². The predicted octanol–water partition coefficient (Wildman–Crippen LogP) is 4.04. The molecule has 1 atom stereocenters. The van der Waals surface area contributed by atoms with Crippen molar-refractivity contribution < 1.29 is 13.5 Å². The van der Waals surface area contributed by atoms with Crippen molar-refractivity contribution in [3.63, 3.8) is 0 Å². The van der Waals surface area contributed by atoms with Gasteiger partial charge in [-0.1, -0.05) is 12.1 Å². The first kappa shape index (κ1) is 13.5. The van der Waals surface area contributed by atoms with E-state index >= 15 is 0 Å². The van der Waals surface area contributed by atoms with Gasteiger partial charge in [0, 0.05) is 12.1 Å². The van der Waals surface area contributed by atoms with Crippen LogP contribution in [0.2, 0.25) is 0 Å². The number of rotatable bonds is 4. The molecule has 0 amide bonds. The molecule has 19 heavy (non-hydrogen) atoms. The monoisotopic (exact) mass is 263 g/mol. The molecule has 0 aliphatic heterocycles. The summed E-state index contributed by atoms with van der Waals surface area (Å²) in [6, 6.07) is 10.8. The molecule has 2 nitrogen and oxygen atoms in total. The second-order valence-electron chi connectivity index (χ2n) is 4.26. The van der Waals surface area contributed by atoms with E-state index in [1.54, 1.807) is 6.07 Å². The van der Waals surface area contributed by atoms with Crippen molar-refractivity contribution in [3.05, 3.63) is 59.7 Å². The van der Waals surface area contributed by atoms with Crippen LogP contribution in [0, 0.1) is 11.6 Å². The van der Waals surface area contributed by atoms with E-state index < -0.39 is 11.6 Å². The van der Waals surface area contributed by atoms with Gasteiger partial charge in [-0.25, -0.2) is 8.78 Å². The SMILES string of the molecule is CNC(C)c1cccc(Oc2ccc(F)cc2F)c1. The molecule has 100 valence electrons. The number of nitrogens with one attached hydrogen (secondary N) is 1. The fraction of sp³-hybridized carbons (Fsp3) is 0.200. The van der Waals surface area contributed by atoms with Crippen LogP contribution in [0.3, 0.4) is 0 Å². The number of ether oxygens (including phenoxy) is 1. The third-order valence-electron chi connectivity index (χ3n) is 2.91. The van der Waals surface area contributed by atoms with Crippen LogP contribution < -0.4 is 10.1 Å². The number of halogens is 2. The maximum Gasteiger partial charge on any atom is 0.168 e. The molecule has 0 aliphatic rings. The fourth-order valence-corrected chi connectivity index (χ4v) is 1.70. The molecule has 0 spiro atoms. The fourth-order valence-electron chi connectivity index (χ4n) is 1.70. The summed E-state index contributed by atoms with van der Waals surface area (Å²) in [5.74, 6) is -0.810. The van der Waals surface area contributed by atoms with Crippen molar-refractivity contribution in [2.24, 2.45) is 0 Å². The Morgan fingerprint density at radius 3 is 2.58 bits per heavy atom. The largest absolute Gasteiger partial charge is 0.454 e. The van der Waals surface area contributed by atoms with Gasteiger partial charge in [-0.15, -0.1) is 0 Å². The van der Waals surface area contributed by atoms with Crippen LogP contribution in [-0.2, 0) is 0 Å². The molecule has 0 saturated heterocycles. The zero-order valence-corrected chi connectivity index (χ0v) is 10.8. The van der Waals surface area contributed by atoms with Gasteiger partial charge in [-0.3, -0.25) is 0 Å². The molecule has 0 fully saturated rings. The Morgan fingerprint density at radius 1 is 1.11 bits per heavy atom. The van der Waals surface area contributed by atoms with Gasteiger partial charge in [-0.05, 0) is 43.8 Å². The standard InChI is InChI=1S/C15H15F2NO/c1-10(18-2)11-4-3-5-13(8-11)19-15-7-6-12(16)9-14(15)17/h3-10,18H,1-2H3. The van der Waals surface area contributed by atoms with Gasteiger partial charge in [0.05, 0.1) is 0 Å². The molecule has 0 bridgehead atoms. The first-order valence-corrected chi connectivity index (χ1v) is 6.00. The summed E-state index contributed by atoms with van der Waals surface area (Å²) < 4.78 is 31.7. The van der Waals surface area contributed by atoms with E-state index in [-0.39, 0.29) is 11.8 Å². The molecule has 0 aromatic heterocycles. The summed E-state index contributed by atoms with van der Waals surface area (Å²) in [4.78, 5) is 0. The molecule has 0 saturated carbocycles. The Labute approximate surface area is 111 Å². The van der Waals surface area contributed by atoms with Crippen LogP contribution in [-0.4, -0.2) is 7.05 Å². The summed E-state index contributed by atoms with van der Waals surface area (Å²) >= 11 is 0. The minimum Gasteiger partial charge on any atom is -0.454 e. The average Bonchev–Trinajstić information content (AvgIpc) is 2.41. The van der Waals surface area contributed by atoms with Crippen molar-refractivity contribution in [2.45, 2.75) is 13.0 Å². The van der Waals surface area contributed by atoms with Gasteiger partial charge >= 0.3 is 0 Å². The third-order valence-corrected chi connectivity index (χ3v) is 2.91. The van der Waals surface area contributed by atoms with Crippen molar-refractivity contribution in [2.75, 3.05) is 7.05 Å². The molecule has 1 N–H and O–H groups in total. The Hall–Kier alpha value is -1.94. The van der Waals surface area contributed by atoms with E-state index in [0.29, 0.717) is 5.75 Å². The predicted molar refractivity (Wildman–Crippen MR) is 70.3 cm³/mol. The molecule has 0 heterocycles. The molecule has 2 aromatic carbocycles. The Morgan fingerprint density at radius 2 is 1.89 bits per heavy atom. The van der Waals surface area contributed by atoms with E-state index in [2.05, 4.69) is 5.32 Å². The zero-order valence-electron chi connectivity index (χ0n) is 10.8. The van der Waals surface area contributed by atoms with Crippen molar-refractivity contribution in [3.8, 4) is 11.5 Å². The van der Waals surface area contributed by atoms with E-state index in [0.717, 1.165) is 11.6 Å². The topological polar surface area (TPSA) is 21.3 Å². The van der Waals surface area contributed by atoms with E-state index in [1.807, 2.05) is 32.2 Å². The van der Waals surface area contributed by atoms with Crippen molar-refractivity contribution in [1.29, 1.82) is 0 Å². The highest BCUT2D eigenvalue weighted by Crippen LogP contribution is 2.26. The van der Waals surface area contributed by atoms with Gasteiger partial charge < -0.3 is 10.1 Å². The molecule has 2 rings (SSSR count). The molecule has 0 aliphatic carbocycles. The maximum absolute atomic E-state index is 13.5. The summed E-state index contributed by atoms with van der Waals surface area (Å²) in [5.41, 5.74) is 1.03. The number of hydrogen-bond acceptors (Lipinski definition) is 2. The maximum atomic E-state index is 13.5. The lowest BCUT2D eigenvalue weighted by Gasteiger charge is -2.12. The Bertz CT molecular complexity index is 572. The minimum atomic E-state index is -0.716. The van der Waals surface area contributed by atoms with Gasteiger partial charge in [-0.2, -0.15) is 0 Å². The highest BCUT2D eigenvalue weighted by atomic mass is 19.1. The minimum absolute atomic E-state index is 0.00987. The second-order valence-corrected chi connectivity index (χ2v) is 4.26. The lowest BCUT2D eigenvalue weighted by molar-refractivity contribution is 0.436. The van der Waals surface area contributed by atoms with Gasteiger partial charge in [0.25, 0.3) is 0 Å². The Balaban J connectivity index is 2.23. The number of hydrogen-bond donors (Lipinski definition) is 1. The molecular weight excluding hydrogens is 248 g/mol. The van der Waals surface area contributed by atoms with Crippen LogP contribution in [0.5, 0.6) is 11.5 Å². The molecule has 0 radical (unpaired) electrons. The number of benzene rings is 2. The smallest absolute Gasteiger partial charge is 0.168 e. The van der Waals surface area contributed by atoms with Crippen LogP contribution >= 0.6 is 0 Å². The highest BCUT2D eigenvalue weighted by Gasteiger charge is 2.08. The lowest BCUT2D eigenvalue weighted by atomic mass is 10.1. The molecule has 1 unspecified atom stereocenters. The summed E-state index contributed by atoms with van der Waals surface area (Å²) in [5, 5.41) is 3.11. The summed E-state index contributed by atoms with van der Waals surface area (Å²) in [6.07, 6.45) is 0. The molecule has 2 aromatic rings. The third kappa shape index (κ3) is 3.29.